The molecule has 4 rings (SSSR count). The third-order valence-electron chi connectivity index (χ3n) is 4.76. The minimum absolute atomic E-state index is 0.188. The van der Waals surface area contributed by atoms with Gasteiger partial charge in [-0.15, -0.1) is 0 Å². The standard InChI is InChI=1S/C23H17NO3/c1-14-6-8-15(9-7-14)13-24-23(27)16-10-11-19-20(12-16)22(26)18-5-3-2-4-17(18)21(19)25/h2-12H,13H2,1H3,(H,24,27). The molecule has 0 aromatic heterocycles. The van der Waals surface area contributed by atoms with Crippen LogP contribution in [0.3, 0.4) is 0 Å². The summed E-state index contributed by atoms with van der Waals surface area (Å²) in [7, 11) is 0. The first-order valence-electron chi connectivity index (χ1n) is 8.71. The minimum atomic E-state index is -0.280. The van der Waals surface area contributed by atoms with Gasteiger partial charge in [-0.05, 0) is 30.7 Å². The molecule has 1 N–H and O–H groups in total. The summed E-state index contributed by atoms with van der Waals surface area (Å²) in [5.41, 5.74) is 3.92. The highest BCUT2D eigenvalue weighted by molar-refractivity contribution is 6.28. The normalized spacial score (nSPS) is 12.3. The Morgan fingerprint density at radius 1 is 0.778 bits per heavy atom. The maximum absolute atomic E-state index is 12.8. The summed E-state index contributed by atoms with van der Waals surface area (Å²) in [6.07, 6.45) is 0. The summed E-state index contributed by atoms with van der Waals surface area (Å²) in [4.78, 5) is 37.9. The topological polar surface area (TPSA) is 63.2 Å². The molecule has 4 heteroatoms. The smallest absolute Gasteiger partial charge is 0.251 e. The van der Waals surface area contributed by atoms with E-state index in [4.69, 9.17) is 0 Å². The van der Waals surface area contributed by atoms with Gasteiger partial charge in [-0.1, -0.05) is 54.1 Å². The van der Waals surface area contributed by atoms with E-state index in [0.717, 1.165) is 11.1 Å². The van der Waals surface area contributed by atoms with Crippen LogP contribution in [-0.4, -0.2) is 17.5 Å². The van der Waals surface area contributed by atoms with E-state index in [2.05, 4.69) is 5.32 Å². The molecular weight excluding hydrogens is 338 g/mol. The van der Waals surface area contributed by atoms with E-state index >= 15 is 0 Å². The van der Waals surface area contributed by atoms with Crippen LogP contribution in [-0.2, 0) is 6.54 Å². The van der Waals surface area contributed by atoms with Gasteiger partial charge in [-0.3, -0.25) is 14.4 Å². The Bertz CT molecular complexity index is 1080. The number of hydrogen-bond acceptors (Lipinski definition) is 3. The maximum atomic E-state index is 12.8. The van der Waals surface area contributed by atoms with Crippen molar-refractivity contribution in [2.75, 3.05) is 0 Å². The predicted octanol–water partition coefficient (Wildman–Crippen LogP) is 3.70. The molecule has 0 saturated carbocycles. The van der Waals surface area contributed by atoms with Gasteiger partial charge in [0.1, 0.15) is 0 Å². The van der Waals surface area contributed by atoms with Gasteiger partial charge in [-0.25, -0.2) is 0 Å². The molecule has 0 heterocycles. The Morgan fingerprint density at radius 3 is 2.04 bits per heavy atom. The van der Waals surface area contributed by atoms with Crippen molar-refractivity contribution >= 4 is 17.5 Å². The van der Waals surface area contributed by atoms with Crippen LogP contribution in [0.15, 0.2) is 66.7 Å². The molecule has 1 aliphatic carbocycles. The van der Waals surface area contributed by atoms with Crippen molar-refractivity contribution in [1.82, 2.24) is 5.32 Å². The fourth-order valence-electron chi connectivity index (χ4n) is 3.23. The summed E-state index contributed by atoms with van der Waals surface area (Å²) in [5, 5.41) is 2.85. The van der Waals surface area contributed by atoms with Crippen molar-refractivity contribution in [2.45, 2.75) is 13.5 Å². The number of fused-ring (bicyclic) bond motifs is 2. The SMILES string of the molecule is Cc1ccc(CNC(=O)c2ccc3c(c2)C(=O)c2ccccc2C3=O)cc1. The van der Waals surface area contributed by atoms with Crippen molar-refractivity contribution in [3.63, 3.8) is 0 Å². The predicted molar refractivity (Wildman–Crippen MR) is 102 cm³/mol. The van der Waals surface area contributed by atoms with Gasteiger partial charge >= 0.3 is 0 Å². The largest absolute Gasteiger partial charge is 0.348 e. The minimum Gasteiger partial charge on any atom is -0.348 e. The molecule has 1 aliphatic rings. The Kier molecular flexibility index (Phi) is 4.16. The first kappa shape index (κ1) is 16.9. The average Bonchev–Trinajstić information content (AvgIpc) is 2.71. The highest BCUT2D eigenvalue weighted by Gasteiger charge is 2.29. The fraction of sp³-hybridized carbons (Fsp3) is 0.0870. The molecular formula is C23H17NO3. The summed E-state index contributed by atoms with van der Waals surface area (Å²) in [6, 6.07) is 19.3. The molecule has 3 aromatic carbocycles. The number of carbonyl (C=O) groups is 3. The van der Waals surface area contributed by atoms with Crippen molar-refractivity contribution in [3.05, 3.63) is 106 Å². The van der Waals surface area contributed by atoms with Gasteiger partial charge in [0, 0.05) is 34.4 Å². The molecule has 0 unspecified atom stereocenters. The Labute approximate surface area is 156 Å². The van der Waals surface area contributed by atoms with Crippen LogP contribution >= 0.6 is 0 Å². The molecule has 27 heavy (non-hydrogen) atoms. The van der Waals surface area contributed by atoms with E-state index in [1.807, 2.05) is 31.2 Å². The highest BCUT2D eigenvalue weighted by atomic mass is 16.2. The molecule has 0 saturated heterocycles. The maximum Gasteiger partial charge on any atom is 0.251 e. The average molecular weight is 355 g/mol. The summed E-state index contributed by atoms with van der Waals surface area (Å²) < 4.78 is 0. The van der Waals surface area contributed by atoms with Crippen molar-refractivity contribution in [3.8, 4) is 0 Å². The van der Waals surface area contributed by atoms with Crippen LogP contribution in [0.4, 0.5) is 0 Å². The number of carbonyl (C=O) groups excluding carboxylic acids is 3. The lowest BCUT2D eigenvalue weighted by molar-refractivity contribution is 0.0948. The summed E-state index contributed by atoms with van der Waals surface area (Å²) >= 11 is 0. The third kappa shape index (κ3) is 3.06. The van der Waals surface area contributed by atoms with Crippen molar-refractivity contribution < 1.29 is 14.4 Å². The molecule has 0 bridgehead atoms. The fourth-order valence-corrected chi connectivity index (χ4v) is 3.23. The van der Waals surface area contributed by atoms with Crippen LogP contribution in [0.25, 0.3) is 0 Å². The summed E-state index contributed by atoms with van der Waals surface area (Å²) in [6.45, 7) is 2.40. The van der Waals surface area contributed by atoms with Crippen LogP contribution in [0.2, 0.25) is 0 Å². The van der Waals surface area contributed by atoms with E-state index in [1.54, 1.807) is 36.4 Å². The third-order valence-corrected chi connectivity index (χ3v) is 4.76. The van der Waals surface area contributed by atoms with Crippen molar-refractivity contribution in [1.29, 1.82) is 0 Å². The van der Waals surface area contributed by atoms with Gasteiger partial charge in [0.05, 0.1) is 0 Å². The van der Waals surface area contributed by atoms with E-state index in [1.165, 1.54) is 6.07 Å². The Morgan fingerprint density at radius 2 is 1.37 bits per heavy atom. The number of aryl methyl sites for hydroxylation is 1. The number of amides is 1. The van der Waals surface area contributed by atoms with Crippen LogP contribution in [0, 0.1) is 6.92 Å². The Hall–Kier alpha value is -3.53. The number of rotatable bonds is 3. The van der Waals surface area contributed by atoms with Gasteiger partial charge in [0.2, 0.25) is 0 Å². The zero-order valence-corrected chi connectivity index (χ0v) is 14.8. The highest BCUT2D eigenvalue weighted by Crippen LogP contribution is 2.27. The second-order valence-electron chi connectivity index (χ2n) is 6.63. The first-order valence-corrected chi connectivity index (χ1v) is 8.71. The molecule has 4 nitrogen and oxygen atoms in total. The second kappa shape index (κ2) is 6.65. The van der Waals surface area contributed by atoms with Gasteiger partial charge in [-0.2, -0.15) is 0 Å². The summed E-state index contributed by atoms with van der Waals surface area (Å²) in [5.74, 6) is -0.697. The quantitative estimate of drug-likeness (QED) is 0.609. The van der Waals surface area contributed by atoms with E-state index < -0.39 is 0 Å². The van der Waals surface area contributed by atoms with Crippen LogP contribution in [0.1, 0.15) is 53.3 Å². The van der Waals surface area contributed by atoms with Crippen LogP contribution in [0.5, 0.6) is 0 Å². The molecule has 0 atom stereocenters. The molecule has 1 amide bonds. The van der Waals surface area contributed by atoms with E-state index in [9.17, 15) is 14.4 Å². The second-order valence-corrected chi connectivity index (χ2v) is 6.63. The van der Waals surface area contributed by atoms with Gasteiger partial charge in [0.15, 0.2) is 11.6 Å². The zero-order valence-electron chi connectivity index (χ0n) is 14.8. The number of ketones is 2. The van der Waals surface area contributed by atoms with Gasteiger partial charge in [0.25, 0.3) is 5.91 Å². The van der Waals surface area contributed by atoms with E-state index in [0.29, 0.717) is 28.8 Å². The molecule has 0 fully saturated rings. The Balaban J connectivity index is 1.59. The van der Waals surface area contributed by atoms with E-state index in [-0.39, 0.29) is 23.0 Å². The molecule has 132 valence electrons. The van der Waals surface area contributed by atoms with Crippen molar-refractivity contribution in [2.24, 2.45) is 0 Å². The monoisotopic (exact) mass is 355 g/mol. The molecule has 0 radical (unpaired) electrons. The zero-order chi connectivity index (χ0) is 19.0. The molecule has 3 aromatic rings. The van der Waals surface area contributed by atoms with Crippen LogP contribution < -0.4 is 5.32 Å². The lowest BCUT2D eigenvalue weighted by Gasteiger charge is -2.18. The molecule has 0 spiro atoms. The number of hydrogen-bond donors (Lipinski definition) is 1. The molecule has 0 aliphatic heterocycles. The first-order chi connectivity index (χ1) is 13.0. The lowest BCUT2D eigenvalue weighted by Crippen LogP contribution is -2.25. The number of benzene rings is 3. The lowest BCUT2D eigenvalue weighted by atomic mass is 9.83. The van der Waals surface area contributed by atoms with Gasteiger partial charge < -0.3 is 5.32 Å². The number of nitrogens with one attached hydrogen (secondary N) is 1.